The van der Waals surface area contributed by atoms with E-state index in [1.807, 2.05) is 56.3 Å². The summed E-state index contributed by atoms with van der Waals surface area (Å²) in [5, 5.41) is 3.09. The molecule has 0 aliphatic carbocycles. The second-order valence-corrected chi connectivity index (χ2v) is 9.70. The zero-order valence-electron chi connectivity index (χ0n) is 17.0. The maximum atomic E-state index is 13.1. The van der Waals surface area contributed by atoms with Crippen molar-refractivity contribution in [1.82, 2.24) is 4.72 Å². The predicted molar refractivity (Wildman–Crippen MR) is 125 cm³/mol. The van der Waals surface area contributed by atoms with Gasteiger partial charge >= 0.3 is 0 Å². The molecule has 1 amide bonds. The summed E-state index contributed by atoms with van der Waals surface area (Å²) in [4.78, 5) is 13.0. The van der Waals surface area contributed by atoms with Gasteiger partial charge < -0.3 is 5.32 Å². The van der Waals surface area contributed by atoms with E-state index in [2.05, 4.69) is 10.0 Å². The Morgan fingerprint density at radius 2 is 1.68 bits per heavy atom. The van der Waals surface area contributed by atoms with Gasteiger partial charge in [0, 0.05) is 10.7 Å². The third kappa shape index (κ3) is 5.86. The van der Waals surface area contributed by atoms with Crippen LogP contribution in [0.4, 0.5) is 5.69 Å². The molecule has 31 heavy (non-hydrogen) atoms. The summed E-state index contributed by atoms with van der Waals surface area (Å²) in [7, 11) is -4.12. The molecule has 0 aliphatic rings. The lowest BCUT2D eigenvalue weighted by atomic mass is 10.0. The van der Waals surface area contributed by atoms with Crippen molar-refractivity contribution in [2.75, 3.05) is 5.32 Å². The molecule has 162 valence electrons. The Bertz CT molecular complexity index is 1200. The molecule has 0 heterocycles. The molecule has 0 bridgehead atoms. The van der Waals surface area contributed by atoms with Crippen molar-refractivity contribution in [2.24, 2.45) is 0 Å². The number of anilines is 1. The van der Waals surface area contributed by atoms with Gasteiger partial charge in [-0.05, 0) is 61.2 Å². The van der Waals surface area contributed by atoms with E-state index in [0.717, 1.165) is 16.7 Å². The van der Waals surface area contributed by atoms with Crippen molar-refractivity contribution >= 4 is 44.8 Å². The number of hydrogen-bond donors (Lipinski definition) is 2. The number of benzene rings is 3. The van der Waals surface area contributed by atoms with E-state index in [-0.39, 0.29) is 21.4 Å². The van der Waals surface area contributed by atoms with Gasteiger partial charge in [0.05, 0.1) is 5.02 Å². The molecule has 0 fully saturated rings. The molecule has 3 aromatic rings. The normalized spacial score (nSPS) is 12.4. The first kappa shape index (κ1) is 23.3. The Kier molecular flexibility index (Phi) is 7.38. The highest BCUT2D eigenvalue weighted by Gasteiger charge is 2.28. The number of carbonyl (C=O) groups is 1. The van der Waals surface area contributed by atoms with Crippen LogP contribution < -0.4 is 10.0 Å². The Morgan fingerprint density at radius 3 is 2.39 bits per heavy atom. The van der Waals surface area contributed by atoms with Gasteiger partial charge in [-0.2, -0.15) is 4.72 Å². The molecule has 0 saturated carbocycles. The van der Waals surface area contributed by atoms with Gasteiger partial charge in [-0.1, -0.05) is 65.7 Å². The maximum absolute atomic E-state index is 13.1. The third-order valence-electron chi connectivity index (χ3n) is 4.94. The van der Waals surface area contributed by atoms with E-state index < -0.39 is 22.0 Å². The fourth-order valence-electron chi connectivity index (χ4n) is 3.08. The Hall–Kier alpha value is -2.38. The van der Waals surface area contributed by atoms with Gasteiger partial charge in [0.1, 0.15) is 10.9 Å². The molecule has 0 unspecified atom stereocenters. The van der Waals surface area contributed by atoms with Crippen LogP contribution in [0.2, 0.25) is 10.0 Å². The molecule has 3 aromatic carbocycles. The van der Waals surface area contributed by atoms with E-state index in [4.69, 9.17) is 23.2 Å². The van der Waals surface area contributed by atoms with Crippen molar-refractivity contribution < 1.29 is 13.2 Å². The lowest BCUT2D eigenvalue weighted by Gasteiger charge is -2.20. The Morgan fingerprint density at radius 1 is 0.968 bits per heavy atom. The van der Waals surface area contributed by atoms with Gasteiger partial charge in [-0.15, -0.1) is 0 Å². The topological polar surface area (TPSA) is 75.3 Å². The fraction of sp³-hybridized carbons (Fsp3) is 0.174. The van der Waals surface area contributed by atoms with Gasteiger partial charge in [0.2, 0.25) is 15.9 Å². The first-order valence-corrected chi connectivity index (χ1v) is 11.8. The number of carbonyl (C=O) groups excluding carboxylic acids is 1. The number of halogens is 2. The summed E-state index contributed by atoms with van der Waals surface area (Å²) in [5.41, 5.74) is 3.37. The van der Waals surface area contributed by atoms with Crippen molar-refractivity contribution in [1.29, 1.82) is 0 Å². The zero-order chi connectivity index (χ0) is 22.6. The van der Waals surface area contributed by atoms with E-state index in [1.165, 1.54) is 18.2 Å². The second-order valence-electron chi connectivity index (χ2n) is 7.18. The molecule has 1 atom stereocenters. The quantitative estimate of drug-likeness (QED) is 0.495. The van der Waals surface area contributed by atoms with E-state index in [9.17, 15) is 13.2 Å². The van der Waals surface area contributed by atoms with Gasteiger partial charge in [-0.25, -0.2) is 8.42 Å². The number of nitrogens with one attached hydrogen (secondary N) is 2. The molecular weight excluding hydrogens is 455 g/mol. The second kappa shape index (κ2) is 9.83. The fourth-order valence-corrected chi connectivity index (χ4v) is 5.04. The lowest BCUT2D eigenvalue weighted by molar-refractivity contribution is -0.117. The molecule has 5 nitrogen and oxygen atoms in total. The number of sulfonamides is 1. The molecule has 0 saturated heterocycles. The average Bonchev–Trinajstić information content (AvgIpc) is 2.73. The van der Waals surface area contributed by atoms with E-state index in [1.54, 1.807) is 6.07 Å². The SMILES string of the molecule is Cc1cccc(NC(=O)[C@@H](Cc2ccccc2)NS(=O)(=O)c2cc(Cl)ccc2Cl)c1C. The molecule has 8 heteroatoms. The maximum Gasteiger partial charge on any atom is 0.242 e. The van der Waals surface area contributed by atoms with Gasteiger partial charge in [-0.3, -0.25) is 4.79 Å². The van der Waals surface area contributed by atoms with Crippen LogP contribution in [0.15, 0.2) is 71.6 Å². The van der Waals surface area contributed by atoms with Crippen LogP contribution in [0.3, 0.4) is 0 Å². The van der Waals surface area contributed by atoms with Crippen molar-refractivity contribution in [3.05, 3.63) is 93.5 Å². The summed E-state index contributed by atoms with van der Waals surface area (Å²) in [6.07, 6.45) is 0.162. The first-order valence-electron chi connectivity index (χ1n) is 9.56. The summed E-state index contributed by atoms with van der Waals surface area (Å²) < 4.78 is 28.6. The number of aryl methyl sites for hydroxylation is 1. The highest BCUT2D eigenvalue weighted by atomic mass is 35.5. The van der Waals surface area contributed by atoms with Crippen LogP contribution in [0, 0.1) is 13.8 Å². The predicted octanol–water partition coefficient (Wildman–Crippen LogP) is 5.14. The largest absolute Gasteiger partial charge is 0.324 e. The van der Waals surface area contributed by atoms with Crippen LogP contribution in [0.5, 0.6) is 0 Å². The van der Waals surface area contributed by atoms with Gasteiger partial charge in [0.25, 0.3) is 0 Å². The average molecular weight is 477 g/mol. The van der Waals surface area contributed by atoms with Crippen LogP contribution in [0.25, 0.3) is 0 Å². The summed E-state index contributed by atoms with van der Waals surface area (Å²) >= 11 is 12.1. The molecule has 2 N–H and O–H groups in total. The highest BCUT2D eigenvalue weighted by Crippen LogP contribution is 2.25. The standard InChI is InChI=1S/C23H22Cl2N2O3S/c1-15-7-6-10-20(16(15)2)26-23(28)21(13-17-8-4-3-5-9-17)27-31(29,30)22-14-18(24)11-12-19(22)25/h3-12,14,21,27H,13H2,1-2H3,(H,26,28)/t21-/m1/s1. The molecule has 3 rings (SSSR count). The monoisotopic (exact) mass is 476 g/mol. The van der Waals surface area contributed by atoms with Crippen LogP contribution >= 0.6 is 23.2 Å². The first-order chi connectivity index (χ1) is 14.7. The van der Waals surface area contributed by atoms with E-state index in [0.29, 0.717) is 5.69 Å². The van der Waals surface area contributed by atoms with E-state index >= 15 is 0 Å². The lowest BCUT2D eigenvalue weighted by Crippen LogP contribution is -2.45. The zero-order valence-corrected chi connectivity index (χ0v) is 19.4. The molecular formula is C23H22Cl2N2O3S. The van der Waals surface area contributed by atoms with Crippen molar-refractivity contribution in [2.45, 2.75) is 31.2 Å². The smallest absolute Gasteiger partial charge is 0.242 e. The van der Waals surface area contributed by atoms with Crippen molar-refractivity contribution in [3.63, 3.8) is 0 Å². The molecule has 0 aliphatic heterocycles. The number of amides is 1. The Balaban J connectivity index is 1.93. The molecule has 0 spiro atoms. The summed E-state index contributed by atoms with van der Waals surface area (Å²) in [6.45, 7) is 3.84. The molecule has 0 radical (unpaired) electrons. The number of rotatable bonds is 7. The van der Waals surface area contributed by atoms with Crippen molar-refractivity contribution in [3.8, 4) is 0 Å². The minimum absolute atomic E-state index is 0.0188. The highest BCUT2D eigenvalue weighted by molar-refractivity contribution is 7.89. The van der Waals surface area contributed by atoms with Crippen LogP contribution in [-0.2, 0) is 21.2 Å². The summed E-state index contributed by atoms with van der Waals surface area (Å²) in [6, 6.07) is 17.8. The third-order valence-corrected chi connectivity index (χ3v) is 7.13. The summed E-state index contributed by atoms with van der Waals surface area (Å²) in [5.74, 6) is -0.473. The van der Waals surface area contributed by atoms with Gasteiger partial charge in [0.15, 0.2) is 0 Å². The minimum atomic E-state index is -4.12. The van der Waals surface area contributed by atoms with Crippen LogP contribution in [-0.4, -0.2) is 20.4 Å². The minimum Gasteiger partial charge on any atom is -0.324 e. The van der Waals surface area contributed by atoms with Crippen LogP contribution in [0.1, 0.15) is 16.7 Å². The Labute approximate surface area is 192 Å². The molecule has 0 aromatic heterocycles. The number of hydrogen-bond acceptors (Lipinski definition) is 3.